The molecule has 5 aliphatic rings. The van der Waals surface area contributed by atoms with Crippen molar-refractivity contribution in [1.29, 1.82) is 0 Å². The van der Waals surface area contributed by atoms with Gasteiger partial charge >= 0.3 is 12.0 Å². The number of benzene rings is 7. The van der Waals surface area contributed by atoms with Crippen LogP contribution in [0, 0.1) is 17.8 Å². The fourth-order valence-electron chi connectivity index (χ4n) is 12.1. The molecule has 14 nitrogen and oxygen atoms in total. The Kier molecular flexibility index (Phi) is 12.9. The van der Waals surface area contributed by atoms with E-state index in [0.717, 1.165) is 21.6 Å². The van der Waals surface area contributed by atoms with Crippen molar-refractivity contribution in [3.8, 4) is 34.8 Å². The van der Waals surface area contributed by atoms with Crippen molar-refractivity contribution in [3.05, 3.63) is 220 Å². The first-order chi connectivity index (χ1) is 37.6. The predicted octanol–water partition coefficient (Wildman–Crippen LogP) is 9.01. The number of esters is 1. The second-order valence-corrected chi connectivity index (χ2v) is 20.1. The maximum absolute atomic E-state index is 16.9. The third-order valence-electron chi connectivity index (χ3n) is 15.7. The number of imide groups is 1. The van der Waals surface area contributed by atoms with E-state index in [1.54, 1.807) is 48.4 Å². The van der Waals surface area contributed by atoms with Crippen LogP contribution < -0.4 is 24.4 Å². The van der Waals surface area contributed by atoms with Crippen molar-refractivity contribution in [2.75, 3.05) is 45.0 Å². The van der Waals surface area contributed by atoms with Crippen LogP contribution in [0.25, 0.3) is 0 Å². The van der Waals surface area contributed by atoms with Gasteiger partial charge in [0.1, 0.15) is 29.1 Å². The monoisotopic (exact) mass is 1030 g/mol. The minimum absolute atomic E-state index is 0.0198. The van der Waals surface area contributed by atoms with E-state index in [2.05, 4.69) is 22.1 Å². The number of morpholine rings is 1. The number of carbonyl (C=O) groups is 4. The quantitative estimate of drug-likeness (QED) is 0.105. The predicted molar refractivity (Wildman–Crippen MR) is 287 cm³/mol. The second kappa shape index (κ2) is 20.3. The van der Waals surface area contributed by atoms with E-state index in [-0.39, 0.29) is 31.3 Å². The molecule has 7 aromatic carbocycles. The summed E-state index contributed by atoms with van der Waals surface area (Å²) in [6.07, 6.45) is -0.906. The van der Waals surface area contributed by atoms with Gasteiger partial charge in [0.2, 0.25) is 18.6 Å². The smallest absolute Gasteiger partial charge is 0.329 e. The summed E-state index contributed by atoms with van der Waals surface area (Å²) < 4.78 is 23.3. The second-order valence-electron chi connectivity index (χ2n) is 20.1. The highest BCUT2D eigenvalue weighted by molar-refractivity contribution is 6.24. The Morgan fingerprint density at radius 1 is 0.714 bits per heavy atom. The minimum Gasteiger partial charge on any atom is -0.508 e. The van der Waals surface area contributed by atoms with Gasteiger partial charge in [0.25, 0.3) is 0 Å². The number of ether oxygens (including phenoxy) is 4. The van der Waals surface area contributed by atoms with E-state index in [9.17, 15) is 5.11 Å². The molecule has 5 aliphatic heterocycles. The summed E-state index contributed by atoms with van der Waals surface area (Å²) in [6, 6.07) is 49.2. The number of nitrogens with one attached hydrogen (secondary N) is 1. The van der Waals surface area contributed by atoms with Crippen molar-refractivity contribution < 1.29 is 43.2 Å². The van der Waals surface area contributed by atoms with Crippen molar-refractivity contribution in [1.82, 2.24) is 20.0 Å². The highest BCUT2D eigenvalue weighted by Crippen LogP contribution is 2.66. The summed E-state index contributed by atoms with van der Waals surface area (Å²) in [4.78, 5) is 71.6. The van der Waals surface area contributed by atoms with E-state index in [0.29, 0.717) is 64.7 Å². The summed E-state index contributed by atoms with van der Waals surface area (Å²) in [5.41, 5.74) is 3.69. The Hall–Kier alpha value is -8.90. The molecule has 386 valence electrons. The molecule has 77 heavy (non-hydrogen) atoms. The Morgan fingerprint density at radius 2 is 1.36 bits per heavy atom. The summed E-state index contributed by atoms with van der Waals surface area (Å²) in [5, 5.41) is 14.0. The zero-order valence-electron chi connectivity index (χ0n) is 42.5. The van der Waals surface area contributed by atoms with Gasteiger partial charge in [0.05, 0.1) is 36.8 Å². The van der Waals surface area contributed by atoms with Crippen LogP contribution in [0.15, 0.2) is 176 Å². The first-order valence-corrected chi connectivity index (χ1v) is 25.9. The summed E-state index contributed by atoms with van der Waals surface area (Å²) >= 11 is 0. The van der Waals surface area contributed by atoms with Gasteiger partial charge in [-0.2, -0.15) is 0 Å². The lowest BCUT2D eigenvalue weighted by Crippen LogP contribution is -2.59. The SMILES string of the molecule is COc1ccc(C#Cc2ccc3c(c2)[C@]2(C(=O)N3C(=O)N[C@H](C)c3ccccc3)[C@H](C(=O)N3CCN(Cc4ccc5c(c4)OCO5)CC3)[C@H]3C(=O)O[C@H](c4ccccc4)[C@H](c4ccccc4)N3[C@@H]2c2ccc(O)cc2)cc1. The molecule has 0 unspecified atom stereocenters. The van der Waals surface area contributed by atoms with Gasteiger partial charge in [0, 0.05) is 43.9 Å². The number of nitrogens with zero attached hydrogens (tertiary/aromatic N) is 4. The molecule has 4 amide bonds. The Labute approximate surface area is 446 Å². The van der Waals surface area contributed by atoms with E-state index in [1.165, 1.54) is 0 Å². The summed E-state index contributed by atoms with van der Waals surface area (Å²) in [5.74, 6) is 5.35. The van der Waals surface area contributed by atoms with Crippen LogP contribution in [0.3, 0.4) is 0 Å². The van der Waals surface area contributed by atoms with Gasteiger partial charge in [-0.15, -0.1) is 0 Å². The zero-order valence-corrected chi connectivity index (χ0v) is 42.5. The van der Waals surface area contributed by atoms with Gasteiger partial charge in [-0.05, 0) is 107 Å². The number of rotatable bonds is 9. The van der Waals surface area contributed by atoms with E-state index < -0.39 is 65.4 Å². The van der Waals surface area contributed by atoms with E-state index in [4.69, 9.17) is 18.9 Å². The Bertz CT molecular complexity index is 3430. The number of methoxy groups -OCH3 is 1. The Balaban J connectivity index is 1.06. The van der Waals surface area contributed by atoms with Crippen molar-refractivity contribution in [2.45, 2.75) is 49.2 Å². The average Bonchev–Trinajstić information content (AvgIpc) is 4.13. The van der Waals surface area contributed by atoms with Crippen LogP contribution in [0.2, 0.25) is 0 Å². The fraction of sp³-hybridized carbons (Fsp3) is 0.238. The lowest BCUT2D eigenvalue weighted by atomic mass is 9.64. The number of carbonyl (C=O) groups excluding carboxylic acids is 4. The molecule has 1 spiro atoms. The minimum atomic E-state index is -2.00. The Morgan fingerprint density at radius 3 is 2.06 bits per heavy atom. The number of aromatic hydroxyl groups is 1. The van der Waals surface area contributed by atoms with Crippen molar-refractivity contribution >= 4 is 29.5 Å². The number of hydrogen-bond donors (Lipinski definition) is 2. The third-order valence-corrected chi connectivity index (χ3v) is 15.7. The molecular weight excluding hydrogens is 971 g/mol. The summed E-state index contributed by atoms with van der Waals surface area (Å²) in [6.45, 7) is 4.15. The van der Waals surface area contributed by atoms with Gasteiger partial charge in [-0.3, -0.25) is 24.2 Å². The number of fused-ring (bicyclic) bond motifs is 4. The molecule has 0 radical (unpaired) electrons. The third kappa shape index (κ3) is 8.77. The van der Waals surface area contributed by atoms with Crippen LogP contribution in [0.1, 0.15) is 75.7 Å². The maximum atomic E-state index is 16.9. The van der Waals surface area contributed by atoms with Gasteiger partial charge < -0.3 is 34.3 Å². The number of cyclic esters (lactones) is 1. The molecule has 5 heterocycles. The molecule has 0 aliphatic carbocycles. The van der Waals surface area contributed by atoms with Gasteiger partial charge in [-0.1, -0.05) is 121 Å². The fourth-order valence-corrected chi connectivity index (χ4v) is 12.1. The molecule has 7 atom stereocenters. The molecule has 3 saturated heterocycles. The number of anilines is 1. The maximum Gasteiger partial charge on any atom is 0.329 e. The molecule has 7 aromatic rings. The van der Waals surface area contributed by atoms with Crippen LogP contribution >= 0.6 is 0 Å². The summed E-state index contributed by atoms with van der Waals surface area (Å²) in [7, 11) is 1.60. The zero-order chi connectivity index (χ0) is 52.8. The number of phenols is 1. The molecule has 3 fully saturated rings. The van der Waals surface area contributed by atoms with Crippen molar-refractivity contribution in [2.24, 2.45) is 5.92 Å². The standard InChI is InChI=1S/C63H55N5O9/c1-40(44-12-6-3-7-13-44)64-62(73)67-51-30-22-42(19-18-41-20-28-49(74-2)29-21-41)36-50(51)63(61(67)72)54(59(70)66-34-32-65(33-35-66)38-43-23-31-52-53(37-43)76-39-75-52)56-60(71)77-57(46-16-10-5-11-17-46)55(45-14-8-4-9-15-45)68(56)58(63)47-24-26-48(69)27-25-47/h3-17,20-31,36-37,40,54-58,69H,32-35,38-39H2,1-2H3,(H,64,73)/t40-,54+,55+,56+,57-,58-,63+/m1/s1. The number of piperazine rings is 1. The molecule has 0 aromatic heterocycles. The average molecular weight is 1030 g/mol. The van der Waals surface area contributed by atoms with Crippen LogP contribution in [0.5, 0.6) is 23.0 Å². The topological polar surface area (TPSA) is 150 Å². The molecule has 12 rings (SSSR count). The largest absolute Gasteiger partial charge is 0.508 e. The highest BCUT2D eigenvalue weighted by Gasteiger charge is 2.76. The molecule has 0 saturated carbocycles. The first-order valence-electron chi connectivity index (χ1n) is 25.9. The van der Waals surface area contributed by atoms with E-state index >= 15 is 19.2 Å². The van der Waals surface area contributed by atoms with Gasteiger partial charge in [-0.25, -0.2) is 9.69 Å². The van der Waals surface area contributed by atoms with Crippen LogP contribution in [-0.2, 0) is 31.1 Å². The van der Waals surface area contributed by atoms with Crippen LogP contribution in [0.4, 0.5) is 10.5 Å². The molecule has 2 N–H and O–H groups in total. The van der Waals surface area contributed by atoms with E-state index in [1.807, 2.05) is 151 Å². The molecule has 14 heteroatoms. The highest BCUT2D eigenvalue weighted by atomic mass is 16.7. The normalized spacial score (nSPS) is 22.9. The lowest BCUT2D eigenvalue weighted by Gasteiger charge is -2.46. The number of phenolic OH excluding ortho intramolecular Hbond substituents is 1. The first kappa shape index (κ1) is 49.0. The van der Waals surface area contributed by atoms with Crippen LogP contribution in [-0.4, -0.2) is 89.7 Å². The number of amides is 4. The lowest BCUT2D eigenvalue weighted by molar-refractivity contribution is -0.179. The number of hydrogen-bond acceptors (Lipinski definition) is 11. The number of urea groups is 1. The molecule has 0 bridgehead atoms. The van der Waals surface area contributed by atoms with Gasteiger partial charge in [0.15, 0.2) is 11.5 Å². The molecular formula is C63H55N5O9. The van der Waals surface area contributed by atoms with Crippen molar-refractivity contribution in [3.63, 3.8) is 0 Å².